The number of anilines is 1. The molecule has 0 saturated heterocycles. The second-order valence-electron chi connectivity index (χ2n) is 3.83. The average Bonchev–Trinajstić information content (AvgIpc) is 2.18. The van der Waals surface area contributed by atoms with Gasteiger partial charge in [0.25, 0.3) is 0 Å². The van der Waals surface area contributed by atoms with Crippen molar-refractivity contribution in [3.63, 3.8) is 0 Å². The first kappa shape index (κ1) is 11.0. The molecule has 1 aromatic heterocycles. The molecule has 14 heavy (non-hydrogen) atoms. The molecule has 0 unspecified atom stereocenters. The molecule has 2 N–H and O–H groups in total. The minimum atomic E-state index is 0.694. The van der Waals surface area contributed by atoms with Crippen molar-refractivity contribution in [3.05, 3.63) is 23.9 Å². The Morgan fingerprint density at radius 2 is 2.14 bits per heavy atom. The van der Waals surface area contributed by atoms with Gasteiger partial charge < -0.3 is 10.6 Å². The Labute approximate surface area is 85.9 Å². The predicted molar refractivity (Wildman–Crippen MR) is 60.3 cm³/mol. The lowest BCUT2D eigenvalue weighted by molar-refractivity contribution is 0.552. The Morgan fingerprint density at radius 1 is 1.36 bits per heavy atom. The van der Waals surface area contributed by atoms with Crippen molar-refractivity contribution in [2.24, 2.45) is 5.92 Å². The Bertz CT molecular complexity index is 254. The van der Waals surface area contributed by atoms with E-state index in [9.17, 15) is 0 Å². The minimum absolute atomic E-state index is 0.694. The molecule has 0 amide bonds. The highest BCUT2D eigenvalue weighted by Gasteiger charge is 1.95. The van der Waals surface area contributed by atoms with Crippen LogP contribution in [0.5, 0.6) is 0 Å². The zero-order valence-corrected chi connectivity index (χ0v) is 9.17. The smallest absolute Gasteiger partial charge is 0.125 e. The average molecular weight is 193 g/mol. The van der Waals surface area contributed by atoms with Crippen molar-refractivity contribution in [1.82, 2.24) is 10.3 Å². The molecule has 0 radical (unpaired) electrons. The fourth-order valence-corrected chi connectivity index (χ4v) is 1.18. The maximum absolute atomic E-state index is 4.24. The van der Waals surface area contributed by atoms with Crippen LogP contribution in [-0.2, 0) is 6.54 Å². The maximum atomic E-state index is 4.24. The Balaban J connectivity index is 2.36. The molecule has 0 aliphatic carbocycles. The van der Waals surface area contributed by atoms with Crippen LogP contribution in [-0.4, -0.2) is 18.6 Å². The quantitative estimate of drug-likeness (QED) is 0.749. The summed E-state index contributed by atoms with van der Waals surface area (Å²) in [4.78, 5) is 4.24. The number of nitrogens with one attached hydrogen (secondary N) is 2. The van der Waals surface area contributed by atoms with Gasteiger partial charge in [0, 0.05) is 19.8 Å². The topological polar surface area (TPSA) is 37.0 Å². The van der Waals surface area contributed by atoms with Gasteiger partial charge in [0.05, 0.1) is 0 Å². The molecule has 1 aromatic rings. The van der Waals surface area contributed by atoms with Crippen LogP contribution >= 0.6 is 0 Å². The van der Waals surface area contributed by atoms with Crippen LogP contribution in [0.4, 0.5) is 5.82 Å². The molecule has 78 valence electrons. The van der Waals surface area contributed by atoms with E-state index in [4.69, 9.17) is 0 Å². The summed E-state index contributed by atoms with van der Waals surface area (Å²) >= 11 is 0. The lowest BCUT2D eigenvalue weighted by Gasteiger charge is -2.07. The van der Waals surface area contributed by atoms with Gasteiger partial charge in [0.1, 0.15) is 5.82 Å². The van der Waals surface area contributed by atoms with Gasteiger partial charge in [-0.3, -0.25) is 0 Å². The van der Waals surface area contributed by atoms with E-state index >= 15 is 0 Å². The van der Waals surface area contributed by atoms with Crippen molar-refractivity contribution < 1.29 is 0 Å². The third kappa shape index (κ3) is 3.75. The van der Waals surface area contributed by atoms with Gasteiger partial charge in [-0.15, -0.1) is 0 Å². The second kappa shape index (κ2) is 5.60. The molecule has 0 atom stereocenters. The Morgan fingerprint density at radius 3 is 2.64 bits per heavy atom. The fourth-order valence-electron chi connectivity index (χ4n) is 1.18. The number of hydrogen-bond donors (Lipinski definition) is 2. The van der Waals surface area contributed by atoms with Gasteiger partial charge in [0.2, 0.25) is 0 Å². The van der Waals surface area contributed by atoms with E-state index < -0.39 is 0 Å². The van der Waals surface area contributed by atoms with Gasteiger partial charge in [-0.2, -0.15) is 0 Å². The molecule has 0 bridgehead atoms. The summed E-state index contributed by atoms with van der Waals surface area (Å²) in [5.41, 5.74) is 1.23. The summed E-state index contributed by atoms with van der Waals surface area (Å²) in [6.07, 6.45) is 1.90. The molecule has 1 rings (SSSR count). The van der Waals surface area contributed by atoms with Crippen LogP contribution in [0.2, 0.25) is 0 Å². The first-order valence-electron chi connectivity index (χ1n) is 5.05. The molecule has 0 aromatic carbocycles. The molecule has 0 fully saturated rings. The van der Waals surface area contributed by atoms with Gasteiger partial charge >= 0.3 is 0 Å². The van der Waals surface area contributed by atoms with Crippen molar-refractivity contribution in [2.45, 2.75) is 20.4 Å². The van der Waals surface area contributed by atoms with Crippen LogP contribution in [0.25, 0.3) is 0 Å². The molecule has 1 heterocycles. The largest absolute Gasteiger partial charge is 0.373 e. The zero-order valence-electron chi connectivity index (χ0n) is 9.17. The summed E-state index contributed by atoms with van der Waals surface area (Å²) in [6.45, 7) is 6.35. The lowest BCUT2D eigenvalue weighted by Crippen LogP contribution is -2.19. The highest BCUT2D eigenvalue weighted by atomic mass is 14.9. The van der Waals surface area contributed by atoms with Crippen molar-refractivity contribution in [3.8, 4) is 0 Å². The second-order valence-corrected chi connectivity index (χ2v) is 3.83. The molecule has 0 spiro atoms. The lowest BCUT2D eigenvalue weighted by atomic mass is 10.2. The number of aromatic nitrogens is 1. The number of hydrogen-bond acceptors (Lipinski definition) is 3. The number of pyridine rings is 1. The van der Waals surface area contributed by atoms with Crippen molar-refractivity contribution >= 4 is 5.82 Å². The molecule has 0 aliphatic rings. The van der Waals surface area contributed by atoms with E-state index in [2.05, 4.69) is 35.5 Å². The molecule has 0 saturated carbocycles. The molecular weight excluding hydrogens is 174 g/mol. The first-order valence-corrected chi connectivity index (χ1v) is 5.05. The molecule has 3 nitrogen and oxygen atoms in total. The summed E-state index contributed by atoms with van der Waals surface area (Å²) in [6, 6.07) is 4.08. The summed E-state index contributed by atoms with van der Waals surface area (Å²) in [5.74, 6) is 1.61. The summed E-state index contributed by atoms with van der Waals surface area (Å²) < 4.78 is 0. The van der Waals surface area contributed by atoms with E-state index in [0.717, 1.165) is 18.9 Å². The summed E-state index contributed by atoms with van der Waals surface area (Å²) in [7, 11) is 1.87. The van der Waals surface area contributed by atoms with Crippen LogP contribution in [0, 0.1) is 5.92 Å². The predicted octanol–water partition coefficient (Wildman–Crippen LogP) is 1.87. The third-order valence-corrected chi connectivity index (χ3v) is 1.96. The highest BCUT2D eigenvalue weighted by molar-refractivity contribution is 5.34. The SMILES string of the molecule is CNc1ccc(CNCC(C)C)cn1. The van der Waals surface area contributed by atoms with Crippen LogP contribution in [0.1, 0.15) is 19.4 Å². The van der Waals surface area contributed by atoms with Gasteiger partial charge in [0.15, 0.2) is 0 Å². The zero-order chi connectivity index (χ0) is 10.4. The van der Waals surface area contributed by atoms with E-state index in [-0.39, 0.29) is 0 Å². The van der Waals surface area contributed by atoms with Crippen molar-refractivity contribution in [1.29, 1.82) is 0 Å². The standard InChI is InChI=1S/C11H19N3/c1-9(2)6-13-7-10-4-5-11(12-3)14-8-10/h4-5,8-9,13H,6-7H2,1-3H3,(H,12,14). The molecule has 0 aliphatic heterocycles. The first-order chi connectivity index (χ1) is 6.72. The van der Waals surface area contributed by atoms with Crippen LogP contribution < -0.4 is 10.6 Å². The fraction of sp³-hybridized carbons (Fsp3) is 0.545. The van der Waals surface area contributed by atoms with E-state index in [1.807, 2.05) is 19.3 Å². The van der Waals surface area contributed by atoms with Gasteiger partial charge in [-0.05, 0) is 24.1 Å². The number of rotatable bonds is 5. The van der Waals surface area contributed by atoms with Crippen LogP contribution in [0.3, 0.4) is 0 Å². The normalized spacial score (nSPS) is 10.6. The minimum Gasteiger partial charge on any atom is -0.373 e. The van der Waals surface area contributed by atoms with Gasteiger partial charge in [-0.25, -0.2) is 4.98 Å². The maximum Gasteiger partial charge on any atom is 0.125 e. The van der Waals surface area contributed by atoms with Crippen LogP contribution in [0.15, 0.2) is 18.3 Å². The third-order valence-electron chi connectivity index (χ3n) is 1.96. The van der Waals surface area contributed by atoms with Crippen molar-refractivity contribution in [2.75, 3.05) is 18.9 Å². The van der Waals surface area contributed by atoms with E-state index in [0.29, 0.717) is 5.92 Å². The summed E-state index contributed by atoms with van der Waals surface area (Å²) in [5, 5.41) is 6.38. The van der Waals surface area contributed by atoms with Gasteiger partial charge in [-0.1, -0.05) is 19.9 Å². The Kier molecular flexibility index (Phi) is 4.40. The van der Waals surface area contributed by atoms with E-state index in [1.165, 1.54) is 5.56 Å². The molecular formula is C11H19N3. The molecule has 3 heteroatoms. The Hall–Kier alpha value is -1.09. The monoisotopic (exact) mass is 193 g/mol. The highest BCUT2D eigenvalue weighted by Crippen LogP contribution is 2.03. The number of nitrogens with zero attached hydrogens (tertiary/aromatic N) is 1. The van der Waals surface area contributed by atoms with E-state index in [1.54, 1.807) is 0 Å².